The van der Waals surface area contributed by atoms with Crippen molar-refractivity contribution < 1.29 is 9.95 Å². The Hall–Kier alpha value is -1.31. The number of rotatable bonds is 2. The third-order valence-electron chi connectivity index (χ3n) is 3.99. The summed E-state index contributed by atoms with van der Waals surface area (Å²) >= 11 is 0. The molecule has 0 unspecified atom stereocenters. The molecule has 1 aliphatic carbocycles. The smallest absolute Gasteiger partial charge is 0.223 e. The zero-order chi connectivity index (χ0) is 14.1. The van der Waals surface area contributed by atoms with Gasteiger partial charge in [-0.1, -0.05) is 45.9 Å². The average molecular weight is 260 g/mol. The van der Waals surface area contributed by atoms with Crippen LogP contribution < -0.4 is 0 Å². The number of benzene rings is 1. The molecule has 0 aromatic heterocycles. The molecular weight excluding hydrogens is 234 g/mol. The molecule has 1 fully saturated rings. The summed E-state index contributed by atoms with van der Waals surface area (Å²) in [6, 6.07) is 10.2. The molecule has 2 heteroatoms. The standard InChI is InChI=1S/C17H26NO/c1-16(2)10-15(11-17(3,4)13-16)18(19)12-14-8-6-5-7-9-14/h5-9,12,15,19H,10-11,13H2,1-4H3/q+1/b18-12-. The van der Waals surface area contributed by atoms with E-state index in [1.807, 2.05) is 36.5 Å². The lowest BCUT2D eigenvalue weighted by atomic mass is 9.63. The molecule has 0 aliphatic heterocycles. The second-order valence-corrected chi connectivity index (χ2v) is 7.49. The zero-order valence-corrected chi connectivity index (χ0v) is 12.6. The van der Waals surface area contributed by atoms with Gasteiger partial charge in [-0.3, -0.25) is 5.21 Å². The van der Waals surface area contributed by atoms with Crippen LogP contribution in [0.15, 0.2) is 30.3 Å². The Bertz CT molecular complexity index is 443. The van der Waals surface area contributed by atoms with Gasteiger partial charge in [0, 0.05) is 18.4 Å². The fourth-order valence-electron chi connectivity index (χ4n) is 3.77. The van der Waals surface area contributed by atoms with Crippen molar-refractivity contribution in [2.75, 3.05) is 0 Å². The molecule has 1 aliphatic rings. The van der Waals surface area contributed by atoms with Crippen molar-refractivity contribution >= 4 is 6.21 Å². The van der Waals surface area contributed by atoms with Gasteiger partial charge in [-0.25, -0.2) is 0 Å². The summed E-state index contributed by atoms with van der Waals surface area (Å²) in [6.07, 6.45) is 5.14. The minimum absolute atomic E-state index is 0.207. The van der Waals surface area contributed by atoms with Gasteiger partial charge in [0.2, 0.25) is 12.3 Å². The van der Waals surface area contributed by atoms with Crippen LogP contribution in [0.2, 0.25) is 0 Å². The van der Waals surface area contributed by atoms with Gasteiger partial charge in [-0.05, 0) is 34.1 Å². The molecule has 0 heterocycles. The predicted octanol–water partition coefficient (Wildman–Crippen LogP) is 4.11. The third-order valence-corrected chi connectivity index (χ3v) is 3.99. The first-order valence-electron chi connectivity index (χ1n) is 7.15. The van der Waals surface area contributed by atoms with Crippen molar-refractivity contribution in [1.82, 2.24) is 0 Å². The monoisotopic (exact) mass is 260 g/mol. The van der Waals surface area contributed by atoms with E-state index in [4.69, 9.17) is 0 Å². The second kappa shape index (κ2) is 4.99. The molecule has 1 aromatic rings. The first-order valence-corrected chi connectivity index (χ1v) is 7.15. The summed E-state index contributed by atoms with van der Waals surface area (Å²) in [7, 11) is 0. The molecule has 0 atom stereocenters. The Balaban J connectivity index is 2.19. The van der Waals surface area contributed by atoms with Gasteiger partial charge in [-0.15, -0.1) is 0 Å². The van der Waals surface area contributed by atoms with E-state index in [1.165, 1.54) is 11.2 Å². The van der Waals surface area contributed by atoms with E-state index >= 15 is 0 Å². The number of hydrogen-bond donors (Lipinski definition) is 1. The minimum atomic E-state index is 0.207. The first kappa shape index (κ1) is 14.1. The molecule has 2 rings (SSSR count). The van der Waals surface area contributed by atoms with Gasteiger partial charge < -0.3 is 0 Å². The van der Waals surface area contributed by atoms with E-state index in [1.54, 1.807) is 0 Å². The molecule has 2 nitrogen and oxygen atoms in total. The van der Waals surface area contributed by atoms with Crippen LogP contribution in [0.5, 0.6) is 0 Å². The van der Waals surface area contributed by atoms with Crippen LogP contribution in [-0.2, 0) is 0 Å². The van der Waals surface area contributed by atoms with Gasteiger partial charge in [0.1, 0.15) is 0 Å². The Kier molecular flexibility index (Phi) is 3.71. The molecule has 0 saturated heterocycles. The van der Waals surface area contributed by atoms with E-state index in [-0.39, 0.29) is 16.9 Å². The maximum atomic E-state index is 10.4. The lowest BCUT2D eigenvalue weighted by Crippen LogP contribution is -2.41. The summed E-state index contributed by atoms with van der Waals surface area (Å²) in [5, 5.41) is 10.4. The van der Waals surface area contributed by atoms with Crippen molar-refractivity contribution in [1.29, 1.82) is 0 Å². The Labute approximate surface area is 116 Å². The number of hydrogen-bond acceptors (Lipinski definition) is 1. The second-order valence-electron chi connectivity index (χ2n) is 7.49. The van der Waals surface area contributed by atoms with Crippen molar-refractivity contribution in [3.8, 4) is 0 Å². The van der Waals surface area contributed by atoms with Crippen molar-refractivity contribution in [2.24, 2.45) is 10.8 Å². The Morgan fingerprint density at radius 3 is 2.11 bits per heavy atom. The number of nitrogens with zero attached hydrogens (tertiary/aromatic N) is 1. The summed E-state index contributed by atoms with van der Waals surface area (Å²) in [4.78, 5) is 0. The first-order chi connectivity index (χ1) is 8.77. The highest BCUT2D eigenvalue weighted by Crippen LogP contribution is 2.46. The fraction of sp³-hybridized carbons (Fsp3) is 0.588. The SMILES string of the molecule is CC1(C)CC(/[N+](O)=C/c2ccccc2)CC(C)(C)C1. The molecule has 19 heavy (non-hydrogen) atoms. The average Bonchev–Trinajstić information content (AvgIpc) is 2.26. The maximum Gasteiger partial charge on any atom is 0.223 e. The van der Waals surface area contributed by atoms with E-state index in [2.05, 4.69) is 27.7 Å². The number of hydroxylamine groups is 1. The lowest BCUT2D eigenvalue weighted by Gasteiger charge is -2.41. The largest absolute Gasteiger partial charge is 0.291 e. The molecule has 0 radical (unpaired) electrons. The van der Waals surface area contributed by atoms with Crippen LogP contribution in [0.4, 0.5) is 0 Å². The van der Waals surface area contributed by atoms with E-state index in [9.17, 15) is 5.21 Å². The molecule has 104 valence electrons. The minimum Gasteiger partial charge on any atom is -0.291 e. The van der Waals surface area contributed by atoms with Gasteiger partial charge in [0.25, 0.3) is 0 Å². The maximum absolute atomic E-state index is 10.4. The molecule has 1 saturated carbocycles. The van der Waals surface area contributed by atoms with Gasteiger partial charge in [0.05, 0.1) is 0 Å². The normalized spacial score (nSPS) is 23.3. The predicted molar refractivity (Wildman–Crippen MR) is 78.9 cm³/mol. The molecule has 0 amide bonds. The molecule has 1 N–H and O–H groups in total. The van der Waals surface area contributed by atoms with Crippen molar-refractivity contribution in [2.45, 2.75) is 53.0 Å². The van der Waals surface area contributed by atoms with Crippen LogP contribution in [0, 0.1) is 10.8 Å². The highest BCUT2D eigenvalue weighted by Gasteiger charge is 2.43. The molecular formula is C17H26NO+. The van der Waals surface area contributed by atoms with Crippen LogP contribution in [0.25, 0.3) is 0 Å². The van der Waals surface area contributed by atoms with Gasteiger partial charge in [-0.2, -0.15) is 0 Å². The molecule has 1 aromatic carbocycles. The molecule has 0 spiro atoms. The third kappa shape index (κ3) is 3.82. The van der Waals surface area contributed by atoms with Crippen LogP contribution in [0.3, 0.4) is 0 Å². The van der Waals surface area contributed by atoms with Gasteiger partial charge >= 0.3 is 0 Å². The summed E-state index contributed by atoms with van der Waals surface area (Å²) < 4.78 is 1.43. The summed E-state index contributed by atoms with van der Waals surface area (Å²) in [6.45, 7) is 9.21. The quantitative estimate of drug-likeness (QED) is 0.368. The fourth-order valence-corrected chi connectivity index (χ4v) is 3.77. The van der Waals surface area contributed by atoms with E-state index < -0.39 is 0 Å². The van der Waals surface area contributed by atoms with Crippen LogP contribution in [-0.4, -0.2) is 22.2 Å². The highest BCUT2D eigenvalue weighted by atomic mass is 16.5. The Morgan fingerprint density at radius 1 is 1.05 bits per heavy atom. The van der Waals surface area contributed by atoms with Crippen LogP contribution >= 0.6 is 0 Å². The van der Waals surface area contributed by atoms with Crippen LogP contribution in [0.1, 0.15) is 52.5 Å². The lowest BCUT2D eigenvalue weighted by molar-refractivity contribution is -0.800. The summed E-state index contributed by atoms with van der Waals surface area (Å²) in [5.41, 5.74) is 1.63. The zero-order valence-electron chi connectivity index (χ0n) is 12.6. The topological polar surface area (TPSA) is 23.2 Å². The van der Waals surface area contributed by atoms with Gasteiger partial charge in [0.15, 0.2) is 0 Å². The highest BCUT2D eigenvalue weighted by molar-refractivity contribution is 5.75. The van der Waals surface area contributed by atoms with E-state index in [0.717, 1.165) is 18.4 Å². The Morgan fingerprint density at radius 2 is 1.58 bits per heavy atom. The van der Waals surface area contributed by atoms with E-state index in [0.29, 0.717) is 0 Å². The summed E-state index contributed by atoms with van der Waals surface area (Å²) in [5.74, 6) is 0. The van der Waals surface area contributed by atoms with Crippen molar-refractivity contribution in [3.63, 3.8) is 0 Å². The molecule has 0 bridgehead atoms. The van der Waals surface area contributed by atoms with Crippen molar-refractivity contribution in [3.05, 3.63) is 35.9 Å².